The summed E-state index contributed by atoms with van der Waals surface area (Å²) in [6.07, 6.45) is 3.56. The SMILES string of the molecule is Cc1cc(-c2[nH]c3ccc(C4CCN(Cc5cc(C)on5)CC4)cc3c2C(C)C)c(F)cn1. The zero-order valence-corrected chi connectivity index (χ0v) is 19.8. The number of hydrogen-bond donors (Lipinski definition) is 1. The molecule has 0 aliphatic carbocycles. The molecule has 33 heavy (non-hydrogen) atoms. The molecular weight excluding hydrogens is 415 g/mol. The van der Waals surface area contributed by atoms with Gasteiger partial charge < -0.3 is 9.51 Å². The second kappa shape index (κ2) is 8.75. The van der Waals surface area contributed by atoms with Crippen LogP contribution in [-0.2, 0) is 6.54 Å². The number of benzene rings is 1. The smallest absolute Gasteiger partial charge is 0.150 e. The molecule has 1 N–H and O–H groups in total. The third-order valence-corrected chi connectivity index (χ3v) is 6.82. The quantitative estimate of drug-likeness (QED) is 0.381. The molecule has 0 atom stereocenters. The minimum atomic E-state index is -0.288. The van der Waals surface area contributed by atoms with Gasteiger partial charge in [0, 0.05) is 34.8 Å². The molecule has 0 spiro atoms. The molecule has 1 aliphatic rings. The number of aromatic amines is 1. The standard InChI is InChI=1S/C27H31FN4O/c1-16(2)26-23-13-20(19-7-9-32(10-8-19)15-21-12-18(4)33-31-21)5-6-25(23)30-27(26)22-11-17(3)29-14-24(22)28/h5-6,11-14,16,19,30H,7-10,15H2,1-4H3. The third kappa shape index (κ3) is 4.32. The maximum atomic E-state index is 14.7. The molecule has 4 aromatic rings. The minimum Gasteiger partial charge on any atom is -0.361 e. The van der Waals surface area contributed by atoms with Crippen LogP contribution in [0, 0.1) is 19.7 Å². The van der Waals surface area contributed by atoms with Crippen LogP contribution in [0.25, 0.3) is 22.2 Å². The highest BCUT2D eigenvalue weighted by molar-refractivity contribution is 5.92. The Morgan fingerprint density at radius 1 is 1.15 bits per heavy atom. The molecule has 0 unspecified atom stereocenters. The largest absolute Gasteiger partial charge is 0.361 e. The highest BCUT2D eigenvalue weighted by Crippen LogP contribution is 2.39. The number of nitrogens with zero attached hydrogens (tertiary/aromatic N) is 3. The summed E-state index contributed by atoms with van der Waals surface area (Å²) in [4.78, 5) is 10.1. The summed E-state index contributed by atoms with van der Waals surface area (Å²) in [7, 11) is 0. The van der Waals surface area contributed by atoms with Gasteiger partial charge in [0.1, 0.15) is 5.76 Å². The molecule has 0 bridgehead atoms. The van der Waals surface area contributed by atoms with Crippen molar-refractivity contribution in [3.05, 3.63) is 70.6 Å². The van der Waals surface area contributed by atoms with Crippen molar-refractivity contribution in [3.8, 4) is 11.3 Å². The Kier molecular flexibility index (Phi) is 5.79. The lowest BCUT2D eigenvalue weighted by Gasteiger charge is -2.31. The molecule has 5 rings (SSSR count). The first-order valence-electron chi connectivity index (χ1n) is 11.8. The average Bonchev–Trinajstić information content (AvgIpc) is 3.38. The van der Waals surface area contributed by atoms with Crippen molar-refractivity contribution in [2.24, 2.45) is 0 Å². The highest BCUT2D eigenvalue weighted by Gasteiger charge is 2.24. The molecule has 3 aromatic heterocycles. The van der Waals surface area contributed by atoms with Gasteiger partial charge in [-0.05, 0) is 80.9 Å². The summed E-state index contributed by atoms with van der Waals surface area (Å²) in [5.74, 6) is 1.37. The Hall–Kier alpha value is -2.99. The number of nitrogens with one attached hydrogen (secondary N) is 1. The molecule has 0 saturated carbocycles. The zero-order chi connectivity index (χ0) is 23.1. The number of likely N-dealkylation sites (tertiary alicyclic amines) is 1. The number of hydrogen-bond acceptors (Lipinski definition) is 4. The summed E-state index contributed by atoms with van der Waals surface area (Å²) in [6.45, 7) is 11.1. The lowest BCUT2D eigenvalue weighted by Crippen LogP contribution is -2.32. The van der Waals surface area contributed by atoms with Crippen molar-refractivity contribution in [1.29, 1.82) is 0 Å². The van der Waals surface area contributed by atoms with Gasteiger partial charge in [0.15, 0.2) is 5.82 Å². The number of fused-ring (bicyclic) bond motifs is 1. The molecule has 6 heteroatoms. The van der Waals surface area contributed by atoms with E-state index in [-0.39, 0.29) is 11.7 Å². The number of piperidine rings is 1. The summed E-state index contributed by atoms with van der Waals surface area (Å²) in [6, 6.07) is 10.6. The minimum absolute atomic E-state index is 0.268. The lowest BCUT2D eigenvalue weighted by molar-refractivity contribution is 0.199. The van der Waals surface area contributed by atoms with Crippen LogP contribution in [0.3, 0.4) is 0 Å². The molecule has 1 saturated heterocycles. The molecule has 1 aliphatic heterocycles. The van der Waals surface area contributed by atoms with E-state index in [1.165, 1.54) is 22.7 Å². The van der Waals surface area contributed by atoms with E-state index in [1.54, 1.807) is 0 Å². The van der Waals surface area contributed by atoms with Crippen LogP contribution in [0.5, 0.6) is 0 Å². The number of aromatic nitrogens is 3. The zero-order valence-electron chi connectivity index (χ0n) is 19.8. The number of H-pyrrole nitrogens is 1. The van der Waals surface area contributed by atoms with E-state index in [0.29, 0.717) is 11.5 Å². The Labute approximate surface area is 194 Å². The van der Waals surface area contributed by atoms with Crippen LogP contribution in [0.15, 0.2) is 41.1 Å². The molecule has 5 nitrogen and oxygen atoms in total. The lowest BCUT2D eigenvalue weighted by atomic mass is 9.87. The van der Waals surface area contributed by atoms with E-state index in [4.69, 9.17) is 4.52 Å². The summed E-state index contributed by atoms with van der Waals surface area (Å²) in [5, 5.41) is 5.34. The fraction of sp³-hybridized carbons (Fsp3) is 0.407. The first-order chi connectivity index (χ1) is 15.9. The van der Waals surface area contributed by atoms with E-state index < -0.39 is 0 Å². The summed E-state index contributed by atoms with van der Waals surface area (Å²) in [5.41, 5.74) is 6.90. The molecule has 1 fully saturated rings. The van der Waals surface area contributed by atoms with Gasteiger partial charge in [-0.25, -0.2) is 4.39 Å². The number of aryl methyl sites for hydroxylation is 2. The van der Waals surface area contributed by atoms with Gasteiger partial charge in [-0.1, -0.05) is 25.1 Å². The Bertz CT molecular complexity index is 1280. The van der Waals surface area contributed by atoms with E-state index in [1.807, 2.05) is 26.0 Å². The van der Waals surface area contributed by atoms with Crippen LogP contribution in [0.4, 0.5) is 4.39 Å². The van der Waals surface area contributed by atoms with E-state index in [9.17, 15) is 4.39 Å². The second-order valence-corrected chi connectivity index (χ2v) is 9.66. The molecule has 0 amide bonds. The van der Waals surface area contributed by atoms with Gasteiger partial charge in [0.05, 0.1) is 17.6 Å². The van der Waals surface area contributed by atoms with Crippen molar-refractivity contribution < 1.29 is 8.91 Å². The topological polar surface area (TPSA) is 58.0 Å². The molecular formula is C27H31FN4O. The van der Waals surface area contributed by atoms with Gasteiger partial charge >= 0.3 is 0 Å². The third-order valence-electron chi connectivity index (χ3n) is 6.82. The maximum Gasteiger partial charge on any atom is 0.150 e. The first kappa shape index (κ1) is 21.8. The van der Waals surface area contributed by atoms with Crippen molar-refractivity contribution in [3.63, 3.8) is 0 Å². The van der Waals surface area contributed by atoms with E-state index in [0.717, 1.165) is 60.8 Å². The highest BCUT2D eigenvalue weighted by atomic mass is 19.1. The monoisotopic (exact) mass is 446 g/mol. The maximum absolute atomic E-state index is 14.7. The molecule has 4 heterocycles. The fourth-order valence-corrected chi connectivity index (χ4v) is 5.18. The first-order valence-corrected chi connectivity index (χ1v) is 11.8. The fourth-order valence-electron chi connectivity index (χ4n) is 5.18. The molecule has 1 aromatic carbocycles. The predicted molar refractivity (Wildman–Crippen MR) is 129 cm³/mol. The average molecular weight is 447 g/mol. The van der Waals surface area contributed by atoms with Crippen LogP contribution < -0.4 is 0 Å². The normalized spacial score (nSPS) is 15.7. The van der Waals surface area contributed by atoms with Crippen LogP contribution in [0.2, 0.25) is 0 Å². The van der Waals surface area contributed by atoms with Crippen molar-refractivity contribution in [1.82, 2.24) is 20.0 Å². The Balaban J connectivity index is 1.41. The summed E-state index contributed by atoms with van der Waals surface area (Å²) < 4.78 is 19.9. The Morgan fingerprint density at radius 3 is 2.64 bits per heavy atom. The number of rotatable bonds is 5. The van der Waals surface area contributed by atoms with E-state index >= 15 is 0 Å². The van der Waals surface area contributed by atoms with Crippen LogP contribution in [0.1, 0.15) is 66.8 Å². The van der Waals surface area contributed by atoms with Crippen molar-refractivity contribution in [2.45, 2.75) is 58.9 Å². The molecule has 172 valence electrons. The number of pyridine rings is 1. The van der Waals surface area contributed by atoms with E-state index in [2.05, 4.69) is 52.1 Å². The van der Waals surface area contributed by atoms with Gasteiger partial charge in [0.2, 0.25) is 0 Å². The van der Waals surface area contributed by atoms with Crippen molar-refractivity contribution in [2.75, 3.05) is 13.1 Å². The van der Waals surface area contributed by atoms with Gasteiger partial charge in [0.25, 0.3) is 0 Å². The second-order valence-electron chi connectivity index (χ2n) is 9.66. The predicted octanol–water partition coefficient (Wildman–Crippen LogP) is 6.48. The van der Waals surface area contributed by atoms with Crippen LogP contribution in [-0.4, -0.2) is 33.1 Å². The van der Waals surface area contributed by atoms with Gasteiger partial charge in [-0.3, -0.25) is 9.88 Å². The number of halogens is 1. The Morgan fingerprint density at radius 2 is 1.94 bits per heavy atom. The van der Waals surface area contributed by atoms with Crippen molar-refractivity contribution >= 4 is 10.9 Å². The summed E-state index contributed by atoms with van der Waals surface area (Å²) >= 11 is 0. The van der Waals surface area contributed by atoms with Gasteiger partial charge in [-0.2, -0.15) is 0 Å². The van der Waals surface area contributed by atoms with Gasteiger partial charge in [-0.15, -0.1) is 0 Å². The van der Waals surface area contributed by atoms with Crippen LogP contribution >= 0.6 is 0 Å². The molecule has 0 radical (unpaired) electrons.